The molecule has 138 valence electrons. The molecule has 1 aromatic carbocycles. The molecule has 3 aromatic rings. The second kappa shape index (κ2) is 6.90. The Morgan fingerprint density at radius 1 is 1.26 bits per heavy atom. The van der Waals surface area contributed by atoms with Crippen LogP contribution in [-0.4, -0.2) is 36.6 Å². The third-order valence-corrected chi connectivity index (χ3v) is 5.33. The maximum absolute atomic E-state index is 13.5. The zero-order valence-corrected chi connectivity index (χ0v) is 15.7. The highest BCUT2D eigenvalue weighted by atomic mass is 35.5. The van der Waals surface area contributed by atoms with E-state index >= 15 is 0 Å². The summed E-state index contributed by atoms with van der Waals surface area (Å²) in [5.41, 5.74) is 0.745. The Morgan fingerprint density at radius 2 is 2.07 bits per heavy atom. The summed E-state index contributed by atoms with van der Waals surface area (Å²) in [6, 6.07) is 7.40. The van der Waals surface area contributed by atoms with Gasteiger partial charge in [0, 0.05) is 24.8 Å². The monoisotopic (exact) mass is 404 g/mol. The van der Waals surface area contributed by atoms with Gasteiger partial charge in [-0.1, -0.05) is 29.3 Å². The molecule has 0 N–H and O–H groups in total. The van der Waals surface area contributed by atoms with Gasteiger partial charge in [-0.3, -0.25) is 9.78 Å². The fourth-order valence-corrected chi connectivity index (χ4v) is 3.51. The molecule has 0 spiro atoms. The largest absolute Gasteiger partial charge is 0.327 e. The van der Waals surface area contributed by atoms with Gasteiger partial charge in [-0.15, -0.1) is 10.2 Å². The number of aromatic nitrogens is 4. The summed E-state index contributed by atoms with van der Waals surface area (Å²) in [7, 11) is 0. The number of nitrogens with zero attached hydrogens (tertiary/aromatic N) is 5. The lowest BCUT2D eigenvalue weighted by atomic mass is 10.1. The molecule has 6 nitrogen and oxygen atoms in total. The number of fused-ring (bicyclic) bond motifs is 1. The number of halogens is 3. The first-order valence-electron chi connectivity index (χ1n) is 8.24. The molecule has 1 aliphatic heterocycles. The lowest BCUT2D eigenvalue weighted by Gasteiger charge is -2.34. The Bertz CT molecular complexity index is 1040. The van der Waals surface area contributed by atoms with E-state index in [4.69, 9.17) is 23.2 Å². The smallest absolute Gasteiger partial charge is 0.256 e. The highest BCUT2D eigenvalue weighted by Gasteiger charge is 2.32. The van der Waals surface area contributed by atoms with Crippen molar-refractivity contribution in [3.63, 3.8) is 0 Å². The first kappa shape index (κ1) is 17.9. The number of hydrogen-bond donors (Lipinski definition) is 0. The Hall–Kier alpha value is -2.51. The molecule has 1 aliphatic rings. The lowest BCUT2D eigenvalue weighted by molar-refractivity contribution is 0.0612. The average Bonchev–Trinajstić information content (AvgIpc) is 3.05. The van der Waals surface area contributed by atoms with Crippen molar-refractivity contribution in [3.8, 4) is 11.5 Å². The van der Waals surface area contributed by atoms with Gasteiger partial charge in [-0.2, -0.15) is 0 Å². The van der Waals surface area contributed by atoms with Gasteiger partial charge in [0.05, 0.1) is 22.2 Å². The Kier molecular flexibility index (Phi) is 4.57. The molecule has 0 saturated carbocycles. The van der Waals surface area contributed by atoms with Crippen LogP contribution in [0, 0.1) is 5.82 Å². The minimum absolute atomic E-state index is 0.150. The van der Waals surface area contributed by atoms with E-state index in [0.717, 1.165) is 0 Å². The molecule has 4 rings (SSSR count). The number of carbonyl (C=O) groups excluding carboxylic acids is 1. The molecule has 0 bridgehead atoms. The highest BCUT2D eigenvalue weighted by molar-refractivity contribution is 6.43. The van der Waals surface area contributed by atoms with Gasteiger partial charge in [0.15, 0.2) is 11.6 Å². The molecule has 0 saturated heterocycles. The SMILES string of the molecule is C[C@H]1Cn2c(nnc2-c2cc([18F])ccn2)CN1C(=O)c1cccc(Cl)c1Cl. The lowest BCUT2D eigenvalue weighted by Crippen LogP contribution is -2.45. The summed E-state index contributed by atoms with van der Waals surface area (Å²) < 4.78 is 15.4. The van der Waals surface area contributed by atoms with Gasteiger partial charge in [0.2, 0.25) is 0 Å². The molecule has 0 aliphatic carbocycles. The molecule has 27 heavy (non-hydrogen) atoms. The van der Waals surface area contributed by atoms with Crippen LogP contribution in [0.15, 0.2) is 36.5 Å². The average molecular weight is 405 g/mol. The molecular formula is C18H14Cl2FN5O. The molecule has 0 radical (unpaired) electrons. The van der Waals surface area contributed by atoms with E-state index < -0.39 is 5.82 Å². The quantitative estimate of drug-likeness (QED) is 0.650. The van der Waals surface area contributed by atoms with Crippen LogP contribution in [0.4, 0.5) is 4.39 Å². The third kappa shape index (κ3) is 3.17. The first-order valence-corrected chi connectivity index (χ1v) is 9.00. The summed E-state index contributed by atoms with van der Waals surface area (Å²) >= 11 is 12.2. The Balaban J connectivity index is 1.67. The number of amides is 1. The molecule has 1 amide bonds. The zero-order chi connectivity index (χ0) is 19.1. The van der Waals surface area contributed by atoms with Crippen LogP contribution in [0.2, 0.25) is 10.0 Å². The van der Waals surface area contributed by atoms with E-state index in [1.165, 1.54) is 18.3 Å². The topological polar surface area (TPSA) is 63.9 Å². The number of pyridine rings is 1. The van der Waals surface area contributed by atoms with Crippen LogP contribution in [0.5, 0.6) is 0 Å². The fourth-order valence-electron chi connectivity index (χ4n) is 3.13. The summed E-state index contributed by atoms with van der Waals surface area (Å²) in [5.74, 6) is 0.452. The standard InChI is InChI=1S/C18H14Cl2FN5O/c1-10-8-26-15(23-24-17(26)14-7-11(21)5-6-22-14)9-25(10)18(27)12-3-2-4-13(19)16(12)20/h2-7,10H,8-9H2,1H3/t10-/m0/s1/i21-1. The molecule has 9 heteroatoms. The Morgan fingerprint density at radius 3 is 2.85 bits per heavy atom. The van der Waals surface area contributed by atoms with Crippen LogP contribution >= 0.6 is 23.2 Å². The Labute approximate surface area is 164 Å². The second-order valence-electron chi connectivity index (χ2n) is 6.29. The van der Waals surface area contributed by atoms with Crippen molar-refractivity contribution in [1.82, 2.24) is 24.6 Å². The van der Waals surface area contributed by atoms with Crippen molar-refractivity contribution in [1.29, 1.82) is 0 Å². The fraction of sp³-hybridized carbons (Fsp3) is 0.222. The minimum Gasteiger partial charge on any atom is -0.327 e. The zero-order valence-electron chi connectivity index (χ0n) is 14.2. The molecule has 2 aromatic heterocycles. The van der Waals surface area contributed by atoms with Gasteiger partial charge in [0.1, 0.15) is 11.5 Å². The van der Waals surface area contributed by atoms with Gasteiger partial charge in [-0.05, 0) is 25.1 Å². The number of rotatable bonds is 2. The first-order chi connectivity index (χ1) is 13.0. The van der Waals surface area contributed by atoms with Crippen molar-refractivity contribution in [3.05, 3.63) is 63.8 Å². The molecule has 3 heterocycles. The number of carbonyl (C=O) groups is 1. The molecule has 0 fully saturated rings. The van der Waals surface area contributed by atoms with E-state index in [-0.39, 0.29) is 23.5 Å². The minimum atomic E-state index is -0.395. The highest BCUT2D eigenvalue weighted by Crippen LogP contribution is 2.29. The maximum Gasteiger partial charge on any atom is 0.256 e. The predicted octanol–water partition coefficient (Wildman–Crippen LogP) is 3.83. The third-order valence-electron chi connectivity index (χ3n) is 4.51. The van der Waals surface area contributed by atoms with E-state index in [9.17, 15) is 9.18 Å². The van der Waals surface area contributed by atoms with E-state index in [1.54, 1.807) is 23.1 Å². The van der Waals surface area contributed by atoms with Crippen LogP contribution in [0.1, 0.15) is 23.1 Å². The summed E-state index contributed by atoms with van der Waals surface area (Å²) in [5, 5.41) is 8.86. The normalized spacial score (nSPS) is 16.3. The predicted molar refractivity (Wildman–Crippen MR) is 99.0 cm³/mol. The van der Waals surface area contributed by atoms with Gasteiger partial charge < -0.3 is 9.47 Å². The summed E-state index contributed by atoms with van der Waals surface area (Å²) in [6.45, 7) is 2.63. The summed E-state index contributed by atoms with van der Waals surface area (Å²) in [4.78, 5) is 18.8. The van der Waals surface area contributed by atoms with Crippen LogP contribution in [-0.2, 0) is 13.1 Å². The number of hydrogen-bond acceptors (Lipinski definition) is 4. The van der Waals surface area contributed by atoms with Gasteiger partial charge in [-0.25, -0.2) is 4.39 Å². The molecular weight excluding hydrogens is 391 g/mol. The second-order valence-corrected chi connectivity index (χ2v) is 7.08. The van der Waals surface area contributed by atoms with E-state index in [2.05, 4.69) is 15.2 Å². The molecule has 1 atom stereocenters. The number of benzene rings is 1. The van der Waals surface area contributed by atoms with Crippen LogP contribution in [0.3, 0.4) is 0 Å². The summed E-state index contributed by atoms with van der Waals surface area (Å²) in [6.07, 6.45) is 1.38. The van der Waals surface area contributed by atoms with E-state index in [1.807, 2.05) is 11.5 Å². The van der Waals surface area contributed by atoms with Gasteiger partial charge in [0.25, 0.3) is 5.91 Å². The van der Waals surface area contributed by atoms with Gasteiger partial charge >= 0.3 is 0 Å². The van der Waals surface area contributed by atoms with Crippen molar-refractivity contribution in [2.75, 3.05) is 0 Å². The van der Waals surface area contributed by atoms with Crippen molar-refractivity contribution in [2.45, 2.75) is 26.1 Å². The van der Waals surface area contributed by atoms with Crippen LogP contribution < -0.4 is 0 Å². The van der Waals surface area contributed by atoms with E-state index in [0.29, 0.717) is 34.5 Å². The van der Waals surface area contributed by atoms with Crippen LogP contribution in [0.25, 0.3) is 11.5 Å². The van der Waals surface area contributed by atoms with Crippen molar-refractivity contribution >= 4 is 29.1 Å². The maximum atomic E-state index is 13.5. The van der Waals surface area contributed by atoms with Crippen molar-refractivity contribution < 1.29 is 9.18 Å². The molecule has 0 unspecified atom stereocenters. The van der Waals surface area contributed by atoms with Crippen molar-refractivity contribution in [2.24, 2.45) is 0 Å².